The summed E-state index contributed by atoms with van der Waals surface area (Å²) in [5.74, 6) is 1.15. The van der Waals surface area contributed by atoms with Crippen LogP contribution in [0, 0.1) is 24.0 Å². The molecule has 3 rings (SSSR count). The highest BCUT2D eigenvalue weighted by molar-refractivity contribution is 5.94. The highest BCUT2D eigenvalue weighted by Crippen LogP contribution is 2.25. The van der Waals surface area contributed by atoms with Gasteiger partial charge in [-0.25, -0.2) is 0 Å². The van der Waals surface area contributed by atoms with Gasteiger partial charge in [0.15, 0.2) is 0 Å². The van der Waals surface area contributed by atoms with Crippen molar-refractivity contribution >= 4 is 11.6 Å². The lowest BCUT2D eigenvalue weighted by atomic mass is 10.1. The van der Waals surface area contributed by atoms with Gasteiger partial charge in [0.25, 0.3) is 5.91 Å². The molecule has 31 heavy (non-hydrogen) atoms. The van der Waals surface area contributed by atoms with Crippen LogP contribution in [0.2, 0.25) is 0 Å². The third-order valence-corrected chi connectivity index (χ3v) is 4.73. The highest BCUT2D eigenvalue weighted by atomic mass is 16.6. The zero-order chi connectivity index (χ0) is 22.4. The Labute approximate surface area is 179 Å². The molecular formula is C22H24N4O5. The smallest absolute Gasteiger partial charge is 0.306 e. The fourth-order valence-corrected chi connectivity index (χ4v) is 3.01. The number of aromatic nitrogens is 2. The van der Waals surface area contributed by atoms with Crippen molar-refractivity contribution < 1.29 is 19.2 Å². The van der Waals surface area contributed by atoms with Crippen molar-refractivity contribution in [1.29, 1.82) is 0 Å². The molecule has 9 nitrogen and oxygen atoms in total. The van der Waals surface area contributed by atoms with Crippen molar-refractivity contribution in [2.45, 2.75) is 27.0 Å². The van der Waals surface area contributed by atoms with Crippen molar-refractivity contribution in [1.82, 2.24) is 15.1 Å². The molecule has 1 amide bonds. The number of carbonyl (C=O) groups excluding carboxylic acids is 1. The Morgan fingerprint density at radius 3 is 2.71 bits per heavy atom. The maximum Gasteiger partial charge on any atom is 0.306 e. The normalized spacial score (nSPS) is 10.5. The van der Waals surface area contributed by atoms with Gasteiger partial charge in [0.1, 0.15) is 30.5 Å². The predicted molar refractivity (Wildman–Crippen MR) is 114 cm³/mol. The summed E-state index contributed by atoms with van der Waals surface area (Å²) in [6.45, 7) is 4.82. The van der Waals surface area contributed by atoms with E-state index in [2.05, 4.69) is 10.4 Å². The number of nitrogens with one attached hydrogen (secondary N) is 1. The van der Waals surface area contributed by atoms with Crippen LogP contribution in [0.4, 0.5) is 5.69 Å². The molecule has 0 spiro atoms. The average molecular weight is 424 g/mol. The van der Waals surface area contributed by atoms with E-state index in [-0.39, 0.29) is 24.7 Å². The number of hydrogen-bond acceptors (Lipinski definition) is 6. The molecule has 3 aromatic rings. The third-order valence-electron chi connectivity index (χ3n) is 4.73. The molecular weight excluding hydrogens is 400 g/mol. The maximum absolute atomic E-state index is 12.5. The van der Waals surface area contributed by atoms with Crippen LogP contribution < -0.4 is 14.8 Å². The van der Waals surface area contributed by atoms with Crippen molar-refractivity contribution in [3.8, 4) is 11.5 Å². The fraction of sp³-hybridized carbons (Fsp3) is 0.273. The molecule has 0 bridgehead atoms. The van der Waals surface area contributed by atoms with Crippen LogP contribution in [-0.4, -0.2) is 34.3 Å². The molecule has 0 aliphatic heterocycles. The standard InChI is InChI=1S/C22H24N4O5/c1-15-4-5-16(2)21(10-15)31-14-18-11-17(6-7-20(18)30-3)22(27)23-8-9-25-13-19(12-24-25)26(28)29/h4-7,10-13H,8-9,14H2,1-3H3,(H,23,27). The zero-order valence-electron chi connectivity index (χ0n) is 17.6. The van der Waals surface area contributed by atoms with E-state index in [1.54, 1.807) is 25.3 Å². The molecule has 0 saturated heterocycles. The summed E-state index contributed by atoms with van der Waals surface area (Å²) < 4.78 is 12.8. The molecule has 2 aromatic carbocycles. The number of methoxy groups -OCH3 is 1. The second-order valence-corrected chi connectivity index (χ2v) is 7.06. The number of aryl methyl sites for hydroxylation is 2. The molecule has 1 heterocycles. The molecule has 9 heteroatoms. The number of nitrogens with zero attached hydrogens (tertiary/aromatic N) is 3. The lowest BCUT2D eigenvalue weighted by Crippen LogP contribution is -2.27. The number of nitro groups is 1. The van der Waals surface area contributed by atoms with E-state index in [0.717, 1.165) is 22.4 Å². The first-order valence-electron chi connectivity index (χ1n) is 9.69. The quantitative estimate of drug-likeness (QED) is 0.416. The van der Waals surface area contributed by atoms with Gasteiger partial charge in [-0.2, -0.15) is 5.10 Å². The van der Waals surface area contributed by atoms with Gasteiger partial charge in [-0.05, 0) is 49.2 Å². The number of ether oxygens (including phenoxy) is 2. The number of carbonyl (C=O) groups is 1. The summed E-state index contributed by atoms with van der Waals surface area (Å²) in [5.41, 5.74) is 3.25. The van der Waals surface area contributed by atoms with E-state index in [9.17, 15) is 14.9 Å². The number of hydrogen-bond donors (Lipinski definition) is 1. The Morgan fingerprint density at radius 1 is 1.19 bits per heavy atom. The van der Waals surface area contributed by atoms with Gasteiger partial charge in [0.05, 0.1) is 18.6 Å². The molecule has 0 atom stereocenters. The summed E-state index contributed by atoms with van der Waals surface area (Å²) >= 11 is 0. The van der Waals surface area contributed by atoms with Gasteiger partial charge < -0.3 is 14.8 Å². The minimum atomic E-state index is -0.513. The van der Waals surface area contributed by atoms with E-state index < -0.39 is 4.92 Å². The van der Waals surface area contributed by atoms with Crippen molar-refractivity contribution in [3.63, 3.8) is 0 Å². The first-order valence-corrected chi connectivity index (χ1v) is 9.69. The molecule has 1 aromatic heterocycles. The molecule has 0 unspecified atom stereocenters. The average Bonchev–Trinajstić information content (AvgIpc) is 3.23. The van der Waals surface area contributed by atoms with E-state index >= 15 is 0 Å². The second kappa shape index (κ2) is 9.75. The lowest BCUT2D eigenvalue weighted by Gasteiger charge is -2.14. The van der Waals surface area contributed by atoms with Crippen molar-refractivity contribution in [3.05, 3.63) is 81.2 Å². The highest BCUT2D eigenvalue weighted by Gasteiger charge is 2.12. The van der Waals surface area contributed by atoms with Gasteiger partial charge in [0, 0.05) is 17.7 Å². The minimum Gasteiger partial charge on any atom is -0.496 e. The van der Waals surface area contributed by atoms with E-state index in [1.807, 2.05) is 32.0 Å². The van der Waals surface area contributed by atoms with Crippen LogP contribution in [-0.2, 0) is 13.2 Å². The summed E-state index contributed by atoms with van der Waals surface area (Å²) in [6.07, 6.45) is 2.50. The first kappa shape index (κ1) is 21.8. The van der Waals surface area contributed by atoms with Crippen molar-refractivity contribution in [2.75, 3.05) is 13.7 Å². The van der Waals surface area contributed by atoms with Crippen molar-refractivity contribution in [2.24, 2.45) is 0 Å². The maximum atomic E-state index is 12.5. The summed E-state index contributed by atoms with van der Waals surface area (Å²) in [4.78, 5) is 22.7. The number of amides is 1. The lowest BCUT2D eigenvalue weighted by molar-refractivity contribution is -0.385. The molecule has 0 aliphatic rings. The molecule has 0 saturated carbocycles. The van der Waals surface area contributed by atoms with E-state index in [0.29, 0.717) is 17.9 Å². The summed E-state index contributed by atoms with van der Waals surface area (Å²) in [7, 11) is 1.57. The molecule has 0 fully saturated rings. The fourth-order valence-electron chi connectivity index (χ4n) is 3.01. The number of benzene rings is 2. The molecule has 162 valence electrons. The van der Waals surface area contributed by atoms with Crippen LogP contribution in [0.15, 0.2) is 48.8 Å². The third kappa shape index (κ3) is 5.59. The Morgan fingerprint density at radius 2 is 2.00 bits per heavy atom. The van der Waals surface area contributed by atoms with Crippen LogP contribution >= 0.6 is 0 Å². The van der Waals surface area contributed by atoms with Gasteiger partial charge in [0.2, 0.25) is 0 Å². The summed E-state index contributed by atoms with van der Waals surface area (Å²) in [5, 5.41) is 17.4. The number of rotatable bonds is 9. The van der Waals surface area contributed by atoms with Gasteiger partial charge in [-0.15, -0.1) is 0 Å². The van der Waals surface area contributed by atoms with Gasteiger partial charge >= 0.3 is 5.69 Å². The van der Waals surface area contributed by atoms with Gasteiger partial charge in [-0.3, -0.25) is 19.6 Å². The molecule has 1 N–H and O–H groups in total. The SMILES string of the molecule is COc1ccc(C(=O)NCCn2cc([N+](=O)[O-])cn2)cc1COc1cc(C)ccc1C. The second-order valence-electron chi connectivity index (χ2n) is 7.06. The zero-order valence-corrected chi connectivity index (χ0v) is 17.6. The largest absolute Gasteiger partial charge is 0.496 e. The monoisotopic (exact) mass is 424 g/mol. The Hall–Kier alpha value is -3.88. The van der Waals surface area contributed by atoms with Crippen LogP contribution in [0.5, 0.6) is 11.5 Å². The molecule has 0 radical (unpaired) electrons. The van der Waals surface area contributed by atoms with Crippen LogP contribution in [0.3, 0.4) is 0 Å². The topological polar surface area (TPSA) is 109 Å². The molecule has 0 aliphatic carbocycles. The Bertz CT molecular complexity index is 1090. The van der Waals surface area contributed by atoms with Crippen LogP contribution in [0.25, 0.3) is 0 Å². The van der Waals surface area contributed by atoms with Crippen LogP contribution in [0.1, 0.15) is 27.0 Å². The first-order chi connectivity index (χ1) is 14.9. The predicted octanol–water partition coefficient (Wildman–Crippen LogP) is 3.43. The minimum absolute atomic E-state index is 0.0880. The summed E-state index contributed by atoms with van der Waals surface area (Å²) in [6, 6.07) is 11.1. The van der Waals surface area contributed by atoms with Gasteiger partial charge in [-0.1, -0.05) is 12.1 Å². The van der Waals surface area contributed by atoms with E-state index in [1.165, 1.54) is 17.1 Å². The Balaban J connectivity index is 1.63. The Kier molecular flexibility index (Phi) is 6.86. The van der Waals surface area contributed by atoms with E-state index in [4.69, 9.17) is 9.47 Å².